The molecule has 1 fully saturated rings. The summed E-state index contributed by atoms with van der Waals surface area (Å²) in [5.41, 5.74) is 3.59. The smallest absolute Gasteiger partial charge is 0.266 e. The number of aromatic nitrogens is 3. The number of benzene rings is 1. The van der Waals surface area contributed by atoms with Gasteiger partial charge in [-0.15, -0.1) is 11.3 Å². The van der Waals surface area contributed by atoms with Crippen LogP contribution in [0.1, 0.15) is 45.0 Å². The van der Waals surface area contributed by atoms with Gasteiger partial charge >= 0.3 is 0 Å². The fourth-order valence-corrected chi connectivity index (χ4v) is 4.86. The maximum absolute atomic E-state index is 13.4. The molecule has 8 heteroatoms. The third-order valence-electron chi connectivity index (χ3n) is 5.29. The van der Waals surface area contributed by atoms with Crippen molar-refractivity contribution < 1.29 is 4.79 Å². The molecule has 30 heavy (non-hydrogen) atoms. The summed E-state index contributed by atoms with van der Waals surface area (Å²) in [4.78, 5) is 31.8. The Bertz CT molecular complexity index is 1080. The van der Waals surface area contributed by atoms with E-state index < -0.39 is 0 Å². The molecule has 1 atom stereocenters. The molecule has 0 saturated carbocycles. The zero-order chi connectivity index (χ0) is 21.4. The van der Waals surface area contributed by atoms with Crippen molar-refractivity contribution in [1.29, 1.82) is 0 Å². The van der Waals surface area contributed by atoms with Crippen molar-refractivity contribution in [1.82, 2.24) is 19.9 Å². The number of halogens is 1. The molecule has 0 spiro atoms. The largest absolute Gasteiger partial charge is 0.347 e. The molecule has 0 radical (unpaired) electrons. The van der Waals surface area contributed by atoms with Crippen LogP contribution in [0.15, 0.2) is 30.5 Å². The standard InChI is InChI=1S/C22H24ClN5OS/c1-13-20(30-14(2)25-13)21(29)28-11-5-6-18(28)19-17(12-24-22(26-19)27(3)4)15-7-9-16(23)10-8-15/h7-10,12,18H,5-6,11H2,1-4H3. The minimum atomic E-state index is -0.105. The highest BCUT2D eigenvalue weighted by Gasteiger charge is 2.35. The lowest BCUT2D eigenvalue weighted by atomic mass is 9.99. The molecule has 1 aromatic carbocycles. The zero-order valence-electron chi connectivity index (χ0n) is 17.5. The Morgan fingerprint density at radius 3 is 2.57 bits per heavy atom. The second kappa shape index (κ2) is 8.32. The fraction of sp³-hybridized carbons (Fsp3) is 0.364. The Labute approximate surface area is 185 Å². The van der Waals surface area contributed by atoms with E-state index in [-0.39, 0.29) is 11.9 Å². The van der Waals surface area contributed by atoms with Gasteiger partial charge in [0.05, 0.1) is 22.4 Å². The number of hydrogen-bond donors (Lipinski definition) is 0. The van der Waals surface area contributed by atoms with Crippen LogP contribution in [0.5, 0.6) is 0 Å². The summed E-state index contributed by atoms with van der Waals surface area (Å²) in [5, 5.41) is 1.59. The highest BCUT2D eigenvalue weighted by Crippen LogP contribution is 2.38. The number of aryl methyl sites for hydroxylation is 2. The molecule has 4 rings (SSSR count). The third kappa shape index (κ3) is 3.91. The van der Waals surface area contributed by atoms with Gasteiger partial charge in [0.2, 0.25) is 5.95 Å². The normalized spacial score (nSPS) is 16.2. The summed E-state index contributed by atoms with van der Waals surface area (Å²) in [6.07, 6.45) is 3.66. The number of likely N-dealkylation sites (tertiary alicyclic amines) is 1. The number of hydrogen-bond acceptors (Lipinski definition) is 6. The van der Waals surface area contributed by atoms with Gasteiger partial charge in [0, 0.05) is 37.4 Å². The molecule has 3 aromatic rings. The number of anilines is 1. The van der Waals surface area contributed by atoms with Crippen LogP contribution in [0.4, 0.5) is 5.95 Å². The average Bonchev–Trinajstić information content (AvgIpc) is 3.34. The summed E-state index contributed by atoms with van der Waals surface area (Å²) < 4.78 is 0. The first-order valence-electron chi connectivity index (χ1n) is 9.90. The first-order chi connectivity index (χ1) is 14.3. The Balaban J connectivity index is 1.78. The summed E-state index contributed by atoms with van der Waals surface area (Å²) >= 11 is 7.55. The third-order valence-corrected chi connectivity index (χ3v) is 6.60. The summed E-state index contributed by atoms with van der Waals surface area (Å²) in [6, 6.07) is 7.56. The van der Waals surface area contributed by atoms with Crippen LogP contribution >= 0.6 is 22.9 Å². The summed E-state index contributed by atoms with van der Waals surface area (Å²) in [5.74, 6) is 0.666. The SMILES string of the molecule is Cc1nc(C)c(C(=O)N2CCCC2c2nc(N(C)C)ncc2-c2ccc(Cl)cc2)s1. The molecule has 3 heterocycles. The Morgan fingerprint density at radius 2 is 1.93 bits per heavy atom. The first kappa shape index (κ1) is 20.8. The number of nitrogens with zero attached hydrogens (tertiary/aromatic N) is 5. The second-order valence-electron chi connectivity index (χ2n) is 7.67. The maximum Gasteiger partial charge on any atom is 0.266 e. The number of carbonyl (C=O) groups is 1. The highest BCUT2D eigenvalue weighted by atomic mass is 35.5. The Hall–Kier alpha value is -2.51. The van der Waals surface area contributed by atoms with Gasteiger partial charge in [0.25, 0.3) is 5.91 Å². The molecule has 1 amide bonds. The monoisotopic (exact) mass is 441 g/mol. The van der Waals surface area contributed by atoms with E-state index in [0.29, 0.717) is 22.4 Å². The number of thiazole rings is 1. The van der Waals surface area contributed by atoms with Gasteiger partial charge in [0.1, 0.15) is 4.88 Å². The summed E-state index contributed by atoms with van der Waals surface area (Å²) in [7, 11) is 3.84. The predicted molar refractivity (Wildman–Crippen MR) is 121 cm³/mol. The van der Waals surface area contributed by atoms with E-state index in [1.807, 2.05) is 68.2 Å². The number of rotatable bonds is 4. The lowest BCUT2D eigenvalue weighted by Gasteiger charge is -2.26. The van der Waals surface area contributed by atoms with Crippen LogP contribution in [0, 0.1) is 13.8 Å². The van der Waals surface area contributed by atoms with E-state index in [1.54, 1.807) is 0 Å². The Morgan fingerprint density at radius 1 is 1.20 bits per heavy atom. The molecular weight excluding hydrogens is 418 g/mol. The number of amides is 1. The maximum atomic E-state index is 13.4. The van der Waals surface area contributed by atoms with Crippen molar-refractivity contribution >= 4 is 34.8 Å². The van der Waals surface area contributed by atoms with Crippen molar-refractivity contribution in [2.75, 3.05) is 25.5 Å². The van der Waals surface area contributed by atoms with E-state index in [0.717, 1.165) is 40.4 Å². The molecular formula is C22H24ClN5OS. The number of carbonyl (C=O) groups excluding carboxylic acids is 1. The van der Waals surface area contributed by atoms with Crippen LogP contribution in [0.3, 0.4) is 0 Å². The summed E-state index contributed by atoms with van der Waals surface area (Å²) in [6.45, 7) is 4.54. The highest BCUT2D eigenvalue weighted by molar-refractivity contribution is 7.13. The van der Waals surface area contributed by atoms with Crippen molar-refractivity contribution in [2.24, 2.45) is 0 Å². The van der Waals surface area contributed by atoms with Crippen LogP contribution in [-0.2, 0) is 0 Å². The van der Waals surface area contributed by atoms with Crippen LogP contribution < -0.4 is 4.90 Å². The lowest BCUT2D eigenvalue weighted by Crippen LogP contribution is -2.31. The van der Waals surface area contributed by atoms with Crippen molar-refractivity contribution in [3.63, 3.8) is 0 Å². The van der Waals surface area contributed by atoms with Gasteiger partial charge in [-0.2, -0.15) is 0 Å². The quantitative estimate of drug-likeness (QED) is 0.575. The van der Waals surface area contributed by atoms with Gasteiger partial charge in [0.15, 0.2) is 0 Å². The predicted octanol–water partition coefficient (Wildman–Crippen LogP) is 4.91. The van der Waals surface area contributed by atoms with Crippen molar-refractivity contribution in [3.8, 4) is 11.1 Å². The van der Waals surface area contributed by atoms with Crippen LogP contribution in [-0.4, -0.2) is 46.4 Å². The Kier molecular flexibility index (Phi) is 5.75. The van der Waals surface area contributed by atoms with Crippen molar-refractivity contribution in [3.05, 3.63) is 56.8 Å². The van der Waals surface area contributed by atoms with E-state index in [1.165, 1.54) is 11.3 Å². The van der Waals surface area contributed by atoms with E-state index in [4.69, 9.17) is 16.6 Å². The first-order valence-corrected chi connectivity index (χ1v) is 11.1. The molecule has 0 N–H and O–H groups in total. The lowest BCUT2D eigenvalue weighted by molar-refractivity contribution is 0.0737. The van der Waals surface area contributed by atoms with Crippen LogP contribution in [0.2, 0.25) is 5.02 Å². The average molecular weight is 442 g/mol. The molecule has 6 nitrogen and oxygen atoms in total. The molecule has 156 valence electrons. The molecule has 0 bridgehead atoms. The minimum absolute atomic E-state index is 0.0349. The molecule has 1 unspecified atom stereocenters. The van der Waals surface area contributed by atoms with E-state index in [9.17, 15) is 4.79 Å². The van der Waals surface area contributed by atoms with Gasteiger partial charge < -0.3 is 9.80 Å². The fourth-order valence-electron chi connectivity index (χ4n) is 3.86. The molecule has 1 aliphatic heterocycles. The van der Waals surface area contributed by atoms with Gasteiger partial charge in [-0.1, -0.05) is 23.7 Å². The molecule has 1 aliphatic rings. The molecule has 2 aromatic heterocycles. The zero-order valence-corrected chi connectivity index (χ0v) is 19.1. The molecule has 1 saturated heterocycles. The second-order valence-corrected chi connectivity index (χ2v) is 9.31. The van der Waals surface area contributed by atoms with Crippen LogP contribution in [0.25, 0.3) is 11.1 Å². The topological polar surface area (TPSA) is 62.2 Å². The van der Waals surface area contributed by atoms with Gasteiger partial charge in [-0.25, -0.2) is 15.0 Å². The van der Waals surface area contributed by atoms with Gasteiger partial charge in [-0.3, -0.25) is 4.79 Å². The van der Waals surface area contributed by atoms with Crippen molar-refractivity contribution in [2.45, 2.75) is 32.7 Å². The van der Waals surface area contributed by atoms with Gasteiger partial charge in [-0.05, 0) is 44.4 Å². The van der Waals surface area contributed by atoms with E-state index in [2.05, 4.69) is 9.97 Å². The minimum Gasteiger partial charge on any atom is -0.347 e. The molecule has 0 aliphatic carbocycles. The van der Waals surface area contributed by atoms with E-state index >= 15 is 0 Å².